The van der Waals surface area contributed by atoms with Gasteiger partial charge in [-0.1, -0.05) is 18.5 Å². The highest BCUT2D eigenvalue weighted by molar-refractivity contribution is 6.31. The van der Waals surface area contributed by atoms with E-state index in [9.17, 15) is 0 Å². The molecule has 0 bridgehead atoms. The Morgan fingerprint density at radius 3 is 3.06 bits per heavy atom. The predicted octanol–water partition coefficient (Wildman–Crippen LogP) is 2.17. The number of nitrogen functional groups attached to an aromatic ring is 1. The molecule has 1 aromatic heterocycles. The number of halogens is 1. The van der Waals surface area contributed by atoms with Crippen molar-refractivity contribution in [2.24, 2.45) is 5.92 Å². The van der Waals surface area contributed by atoms with Crippen molar-refractivity contribution in [2.45, 2.75) is 26.0 Å². The lowest BCUT2D eigenvalue weighted by molar-refractivity contribution is -0.00776. The third-order valence-corrected chi connectivity index (χ3v) is 3.93. The van der Waals surface area contributed by atoms with Crippen LogP contribution in [0.1, 0.15) is 19.0 Å². The topological polar surface area (TPSA) is 51.4 Å². The molecule has 2 unspecified atom stereocenters. The predicted molar refractivity (Wildman–Crippen MR) is 73.5 cm³/mol. The fourth-order valence-electron chi connectivity index (χ4n) is 2.37. The third kappa shape index (κ3) is 3.13. The first-order chi connectivity index (χ1) is 8.60. The molecule has 0 radical (unpaired) electrons. The first-order valence-corrected chi connectivity index (χ1v) is 6.64. The van der Waals surface area contributed by atoms with Crippen LogP contribution in [0.2, 0.25) is 5.02 Å². The van der Waals surface area contributed by atoms with Crippen molar-refractivity contribution in [3.8, 4) is 0 Å². The summed E-state index contributed by atoms with van der Waals surface area (Å²) >= 11 is 6.14. The summed E-state index contributed by atoms with van der Waals surface area (Å²) in [6.45, 7) is 4.94. The molecule has 2 rings (SSSR count). The molecular formula is C13H20ClN3O. The number of hydrogen-bond acceptors (Lipinski definition) is 4. The molecule has 1 aliphatic rings. The van der Waals surface area contributed by atoms with Crippen LogP contribution in [0, 0.1) is 5.92 Å². The van der Waals surface area contributed by atoms with Gasteiger partial charge in [-0.25, -0.2) is 4.98 Å². The summed E-state index contributed by atoms with van der Waals surface area (Å²) in [6.07, 6.45) is 1.43. The van der Waals surface area contributed by atoms with Crippen molar-refractivity contribution in [1.82, 2.24) is 9.88 Å². The number of piperidine rings is 1. The Kier molecular flexibility index (Phi) is 4.43. The molecule has 1 aliphatic heterocycles. The number of ether oxygens (including phenoxy) is 1. The number of aromatic nitrogens is 1. The zero-order valence-electron chi connectivity index (χ0n) is 10.9. The number of hydrogen-bond donors (Lipinski definition) is 1. The van der Waals surface area contributed by atoms with E-state index in [-0.39, 0.29) is 0 Å². The van der Waals surface area contributed by atoms with Crippen LogP contribution in [0.5, 0.6) is 0 Å². The van der Waals surface area contributed by atoms with Crippen LogP contribution >= 0.6 is 11.6 Å². The van der Waals surface area contributed by atoms with Crippen molar-refractivity contribution in [3.05, 3.63) is 22.8 Å². The van der Waals surface area contributed by atoms with E-state index in [1.807, 2.05) is 0 Å². The fraction of sp³-hybridized carbons (Fsp3) is 0.615. The molecule has 0 aliphatic carbocycles. The molecule has 1 fully saturated rings. The highest BCUT2D eigenvalue weighted by Crippen LogP contribution is 2.23. The van der Waals surface area contributed by atoms with Gasteiger partial charge < -0.3 is 10.5 Å². The van der Waals surface area contributed by atoms with Gasteiger partial charge in [0.1, 0.15) is 5.82 Å². The summed E-state index contributed by atoms with van der Waals surface area (Å²) in [6, 6.07) is 3.53. The number of nitrogens with two attached hydrogens (primary N) is 1. The Morgan fingerprint density at radius 2 is 2.33 bits per heavy atom. The van der Waals surface area contributed by atoms with E-state index >= 15 is 0 Å². The van der Waals surface area contributed by atoms with Gasteiger partial charge in [-0.3, -0.25) is 4.90 Å². The first kappa shape index (κ1) is 13.6. The van der Waals surface area contributed by atoms with Gasteiger partial charge in [-0.2, -0.15) is 0 Å². The van der Waals surface area contributed by atoms with E-state index < -0.39 is 0 Å². The number of anilines is 1. The Morgan fingerprint density at radius 1 is 1.56 bits per heavy atom. The minimum atomic E-state index is 0.290. The lowest BCUT2D eigenvalue weighted by Gasteiger charge is -2.36. The Hall–Kier alpha value is -0.840. The van der Waals surface area contributed by atoms with Crippen LogP contribution in [0.4, 0.5) is 5.82 Å². The number of likely N-dealkylation sites (tertiary alicyclic amines) is 1. The van der Waals surface area contributed by atoms with E-state index in [1.165, 1.54) is 0 Å². The molecule has 0 spiro atoms. The molecular weight excluding hydrogens is 250 g/mol. The van der Waals surface area contributed by atoms with Crippen LogP contribution in [-0.2, 0) is 11.3 Å². The molecule has 1 saturated heterocycles. The van der Waals surface area contributed by atoms with Gasteiger partial charge in [-0.15, -0.1) is 0 Å². The molecule has 0 saturated carbocycles. The van der Waals surface area contributed by atoms with Crippen molar-refractivity contribution in [1.29, 1.82) is 0 Å². The zero-order valence-corrected chi connectivity index (χ0v) is 11.7. The van der Waals surface area contributed by atoms with Gasteiger partial charge >= 0.3 is 0 Å². The summed E-state index contributed by atoms with van der Waals surface area (Å²) in [5, 5.41) is 0.678. The Bertz CT molecular complexity index is 413. The zero-order chi connectivity index (χ0) is 13.1. The number of rotatable bonds is 3. The normalized spacial score (nSPS) is 25.3. The van der Waals surface area contributed by atoms with Gasteiger partial charge in [0, 0.05) is 20.2 Å². The molecule has 0 amide bonds. The van der Waals surface area contributed by atoms with Crippen LogP contribution < -0.4 is 5.73 Å². The second-order valence-electron chi connectivity index (χ2n) is 4.94. The highest BCUT2D eigenvalue weighted by atomic mass is 35.5. The van der Waals surface area contributed by atoms with Crippen molar-refractivity contribution >= 4 is 17.4 Å². The number of methoxy groups -OCH3 is 1. The van der Waals surface area contributed by atoms with Crippen molar-refractivity contribution in [2.75, 3.05) is 25.9 Å². The molecule has 2 N–H and O–H groups in total. The van der Waals surface area contributed by atoms with Crippen molar-refractivity contribution in [3.63, 3.8) is 0 Å². The van der Waals surface area contributed by atoms with E-state index in [1.54, 1.807) is 19.2 Å². The number of pyridine rings is 1. The molecule has 0 aromatic carbocycles. The van der Waals surface area contributed by atoms with Gasteiger partial charge in [0.25, 0.3) is 0 Å². The van der Waals surface area contributed by atoms with Crippen LogP contribution in [0.3, 0.4) is 0 Å². The Balaban J connectivity index is 2.03. The molecule has 2 atom stereocenters. The van der Waals surface area contributed by atoms with E-state index in [0.29, 0.717) is 22.9 Å². The van der Waals surface area contributed by atoms with Crippen molar-refractivity contribution < 1.29 is 4.74 Å². The van der Waals surface area contributed by atoms with Gasteiger partial charge in [0.05, 0.1) is 16.8 Å². The van der Waals surface area contributed by atoms with E-state index in [4.69, 9.17) is 22.1 Å². The molecule has 100 valence electrons. The summed E-state index contributed by atoms with van der Waals surface area (Å²) in [5.74, 6) is 1.12. The standard InChI is InChI=1S/C13H20ClN3O/c1-9-5-6-17(8-12(9)18-2)7-11-10(14)3-4-13(15)16-11/h3-4,9,12H,5-8H2,1-2H3,(H2,15,16). The first-order valence-electron chi connectivity index (χ1n) is 6.26. The van der Waals surface area contributed by atoms with E-state index in [0.717, 1.165) is 31.7 Å². The molecule has 4 nitrogen and oxygen atoms in total. The minimum absolute atomic E-state index is 0.290. The summed E-state index contributed by atoms with van der Waals surface area (Å²) in [7, 11) is 1.77. The van der Waals surface area contributed by atoms with Crippen LogP contribution in [0.25, 0.3) is 0 Å². The molecule has 1 aromatic rings. The number of nitrogens with zero attached hydrogens (tertiary/aromatic N) is 2. The SMILES string of the molecule is COC1CN(Cc2nc(N)ccc2Cl)CCC1C. The quantitative estimate of drug-likeness (QED) is 0.914. The minimum Gasteiger partial charge on any atom is -0.384 e. The third-order valence-electron chi connectivity index (χ3n) is 3.59. The van der Waals surface area contributed by atoms with E-state index in [2.05, 4.69) is 16.8 Å². The summed E-state index contributed by atoms with van der Waals surface area (Å²) < 4.78 is 5.51. The van der Waals surface area contributed by atoms with Gasteiger partial charge in [-0.05, 0) is 31.0 Å². The maximum absolute atomic E-state index is 6.14. The van der Waals surface area contributed by atoms with Gasteiger partial charge in [0.2, 0.25) is 0 Å². The average molecular weight is 270 g/mol. The van der Waals surface area contributed by atoms with Gasteiger partial charge in [0.15, 0.2) is 0 Å². The molecule has 2 heterocycles. The Labute approximate surface area is 113 Å². The van der Waals surface area contributed by atoms with Crippen LogP contribution in [-0.4, -0.2) is 36.2 Å². The second-order valence-corrected chi connectivity index (χ2v) is 5.35. The maximum Gasteiger partial charge on any atom is 0.123 e. The summed E-state index contributed by atoms with van der Waals surface area (Å²) in [4.78, 5) is 6.62. The highest BCUT2D eigenvalue weighted by Gasteiger charge is 2.26. The fourth-order valence-corrected chi connectivity index (χ4v) is 2.54. The average Bonchev–Trinajstić information content (AvgIpc) is 2.36. The summed E-state index contributed by atoms with van der Waals surface area (Å²) in [5.41, 5.74) is 6.54. The van der Waals surface area contributed by atoms with Crippen LogP contribution in [0.15, 0.2) is 12.1 Å². The molecule has 5 heteroatoms. The second kappa shape index (κ2) is 5.87. The molecule has 18 heavy (non-hydrogen) atoms. The largest absolute Gasteiger partial charge is 0.384 e. The maximum atomic E-state index is 6.14. The lowest BCUT2D eigenvalue weighted by atomic mass is 9.96. The smallest absolute Gasteiger partial charge is 0.123 e. The lowest BCUT2D eigenvalue weighted by Crippen LogP contribution is -2.43. The monoisotopic (exact) mass is 269 g/mol.